The number of hydrogen-bond acceptors (Lipinski definition) is 2. The van der Waals surface area contributed by atoms with Gasteiger partial charge in [-0.05, 0) is 12.1 Å². The first kappa shape index (κ1) is 11.4. The molecule has 0 atom stereocenters. The number of esters is 1. The molecule has 0 unspecified atom stereocenters. The molecule has 2 nitrogen and oxygen atoms in total. The van der Waals surface area contributed by atoms with Crippen LogP contribution in [0.5, 0.6) is 0 Å². The molecule has 0 amide bonds. The summed E-state index contributed by atoms with van der Waals surface area (Å²) >= 11 is 0. The topological polar surface area (TPSA) is 26.3 Å². The van der Waals surface area contributed by atoms with Gasteiger partial charge in [0.15, 0.2) is 0 Å². The van der Waals surface area contributed by atoms with Crippen molar-refractivity contribution < 1.29 is 18.3 Å². The van der Waals surface area contributed by atoms with Crippen LogP contribution in [-0.2, 0) is 9.53 Å². The number of benzene rings is 1. The lowest BCUT2D eigenvalue weighted by Crippen LogP contribution is -1.96. The number of hydrogen-bond donors (Lipinski definition) is 0. The van der Waals surface area contributed by atoms with Gasteiger partial charge in [0.2, 0.25) is 0 Å². The molecule has 0 aliphatic rings. The van der Waals surface area contributed by atoms with Crippen molar-refractivity contribution in [3.63, 3.8) is 0 Å². The highest BCUT2D eigenvalue weighted by Gasteiger charge is 2.00. The molecule has 1 rings (SSSR count). The molecular weight excluding hydrogens is 202 g/mol. The Morgan fingerprint density at radius 3 is 2.80 bits per heavy atom. The molecule has 0 bridgehead atoms. The second-order valence-corrected chi connectivity index (χ2v) is 2.85. The van der Waals surface area contributed by atoms with Crippen LogP contribution >= 0.6 is 0 Å². The van der Waals surface area contributed by atoms with E-state index in [1.165, 1.54) is 25.3 Å². The summed E-state index contributed by atoms with van der Waals surface area (Å²) in [6, 6.07) is 3.25. The third-order valence-electron chi connectivity index (χ3n) is 1.77. The molecule has 15 heavy (non-hydrogen) atoms. The van der Waals surface area contributed by atoms with Crippen LogP contribution < -0.4 is 0 Å². The van der Waals surface area contributed by atoms with Crippen LogP contribution in [0.15, 0.2) is 24.3 Å². The van der Waals surface area contributed by atoms with Crippen LogP contribution in [0.25, 0.3) is 6.08 Å². The fourth-order valence-electron chi connectivity index (χ4n) is 1.00. The predicted octanol–water partition coefficient (Wildman–Crippen LogP) is 2.54. The molecule has 0 heterocycles. The van der Waals surface area contributed by atoms with Crippen LogP contribution in [0.2, 0.25) is 0 Å². The van der Waals surface area contributed by atoms with E-state index in [1.807, 2.05) is 0 Å². The van der Waals surface area contributed by atoms with Crippen molar-refractivity contribution in [1.29, 1.82) is 0 Å². The fraction of sp³-hybridized carbons (Fsp3) is 0.182. The summed E-state index contributed by atoms with van der Waals surface area (Å²) in [5, 5.41) is 0. The molecule has 0 saturated carbocycles. The van der Waals surface area contributed by atoms with Gasteiger partial charge in [-0.3, -0.25) is 4.79 Å². The molecule has 0 radical (unpaired) electrons. The normalized spacial score (nSPS) is 10.6. The molecule has 0 saturated heterocycles. The first-order chi connectivity index (χ1) is 7.13. The predicted molar refractivity (Wildman–Crippen MR) is 52.0 cm³/mol. The number of ether oxygens (including phenoxy) is 1. The molecule has 1 aromatic carbocycles. The van der Waals surface area contributed by atoms with E-state index in [-0.39, 0.29) is 12.0 Å². The van der Waals surface area contributed by atoms with Crippen molar-refractivity contribution in [3.8, 4) is 0 Å². The Labute approximate surface area is 86.2 Å². The Bertz CT molecular complexity index is 386. The molecule has 4 heteroatoms. The van der Waals surface area contributed by atoms with Gasteiger partial charge in [0.25, 0.3) is 0 Å². The van der Waals surface area contributed by atoms with Crippen LogP contribution in [-0.4, -0.2) is 13.1 Å². The number of halogens is 2. The van der Waals surface area contributed by atoms with Gasteiger partial charge < -0.3 is 4.74 Å². The number of carbonyl (C=O) groups is 1. The number of methoxy groups -OCH3 is 1. The molecule has 0 aliphatic heterocycles. The molecular formula is C11H10F2O2. The van der Waals surface area contributed by atoms with E-state index in [1.54, 1.807) is 0 Å². The van der Waals surface area contributed by atoms with Crippen LogP contribution in [0.3, 0.4) is 0 Å². The third kappa shape index (κ3) is 3.50. The Hall–Kier alpha value is -1.71. The Balaban J connectivity index is 2.68. The highest BCUT2D eigenvalue weighted by molar-refractivity contribution is 5.72. The summed E-state index contributed by atoms with van der Waals surface area (Å²) in [4.78, 5) is 10.7. The molecule has 80 valence electrons. The van der Waals surface area contributed by atoms with Gasteiger partial charge in [0, 0.05) is 11.6 Å². The quantitative estimate of drug-likeness (QED) is 0.719. The van der Waals surface area contributed by atoms with Crippen molar-refractivity contribution in [3.05, 3.63) is 41.5 Å². The minimum absolute atomic E-state index is 0.0628. The van der Waals surface area contributed by atoms with E-state index in [0.717, 1.165) is 12.1 Å². The summed E-state index contributed by atoms with van der Waals surface area (Å²) in [6.45, 7) is 0. The highest BCUT2D eigenvalue weighted by Crippen LogP contribution is 2.11. The van der Waals surface area contributed by atoms with E-state index in [2.05, 4.69) is 4.74 Å². The summed E-state index contributed by atoms with van der Waals surface area (Å²) in [5.41, 5.74) is 0.236. The molecule has 0 N–H and O–H groups in total. The summed E-state index contributed by atoms with van der Waals surface area (Å²) in [7, 11) is 1.27. The standard InChI is InChI=1S/C11H10F2O2/c1-15-11(14)4-2-3-8-5-6-9(12)7-10(8)13/h2-3,5-7H,4H2,1H3/b3-2+. The lowest BCUT2D eigenvalue weighted by molar-refractivity contribution is -0.139. The average molecular weight is 212 g/mol. The zero-order valence-corrected chi connectivity index (χ0v) is 8.17. The monoisotopic (exact) mass is 212 g/mol. The fourth-order valence-corrected chi connectivity index (χ4v) is 1.00. The van der Waals surface area contributed by atoms with Gasteiger partial charge in [0.05, 0.1) is 13.5 Å². The zero-order chi connectivity index (χ0) is 11.3. The smallest absolute Gasteiger partial charge is 0.309 e. The Morgan fingerprint density at radius 1 is 1.47 bits per heavy atom. The summed E-state index contributed by atoms with van der Waals surface area (Å²) < 4.78 is 30.0. The van der Waals surface area contributed by atoms with Gasteiger partial charge in [-0.2, -0.15) is 0 Å². The van der Waals surface area contributed by atoms with Gasteiger partial charge in [-0.25, -0.2) is 8.78 Å². The van der Waals surface area contributed by atoms with E-state index in [9.17, 15) is 13.6 Å². The van der Waals surface area contributed by atoms with Gasteiger partial charge >= 0.3 is 5.97 Å². The molecule has 0 spiro atoms. The molecule has 0 aromatic heterocycles. The van der Waals surface area contributed by atoms with Crippen LogP contribution in [0.1, 0.15) is 12.0 Å². The van der Waals surface area contributed by atoms with Crippen molar-refractivity contribution in [1.82, 2.24) is 0 Å². The minimum Gasteiger partial charge on any atom is -0.469 e. The second kappa shape index (κ2) is 5.24. The number of rotatable bonds is 3. The maximum Gasteiger partial charge on any atom is 0.309 e. The minimum atomic E-state index is -0.656. The van der Waals surface area contributed by atoms with Crippen LogP contribution in [0, 0.1) is 11.6 Å². The van der Waals surface area contributed by atoms with Gasteiger partial charge in [-0.15, -0.1) is 0 Å². The lowest BCUT2D eigenvalue weighted by Gasteiger charge is -1.96. The maximum absolute atomic E-state index is 13.0. The van der Waals surface area contributed by atoms with Crippen molar-refractivity contribution >= 4 is 12.0 Å². The van der Waals surface area contributed by atoms with Gasteiger partial charge in [0.1, 0.15) is 11.6 Å². The SMILES string of the molecule is COC(=O)C/C=C/c1ccc(F)cc1F. The average Bonchev–Trinajstić information content (AvgIpc) is 2.21. The first-order valence-corrected chi connectivity index (χ1v) is 4.32. The van der Waals surface area contributed by atoms with E-state index in [0.29, 0.717) is 0 Å². The largest absolute Gasteiger partial charge is 0.469 e. The number of carbonyl (C=O) groups excluding carboxylic acids is 1. The third-order valence-corrected chi connectivity index (χ3v) is 1.77. The Kier molecular flexibility index (Phi) is 3.97. The van der Waals surface area contributed by atoms with E-state index in [4.69, 9.17) is 0 Å². The Morgan fingerprint density at radius 2 is 2.20 bits per heavy atom. The van der Waals surface area contributed by atoms with Crippen molar-refractivity contribution in [2.75, 3.05) is 7.11 Å². The van der Waals surface area contributed by atoms with Crippen molar-refractivity contribution in [2.45, 2.75) is 6.42 Å². The van der Waals surface area contributed by atoms with E-state index >= 15 is 0 Å². The highest BCUT2D eigenvalue weighted by atomic mass is 19.1. The summed E-state index contributed by atoms with van der Waals surface area (Å²) in [5.74, 6) is -1.69. The van der Waals surface area contributed by atoms with Crippen molar-refractivity contribution in [2.24, 2.45) is 0 Å². The first-order valence-electron chi connectivity index (χ1n) is 4.32. The summed E-state index contributed by atoms with van der Waals surface area (Å²) in [6.07, 6.45) is 2.93. The second-order valence-electron chi connectivity index (χ2n) is 2.85. The van der Waals surface area contributed by atoms with E-state index < -0.39 is 17.6 Å². The van der Waals surface area contributed by atoms with Crippen LogP contribution in [0.4, 0.5) is 8.78 Å². The lowest BCUT2D eigenvalue weighted by atomic mass is 10.2. The van der Waals surface area contributed by atoms with Gasteiger partial charge in [-0.1, -0.05) is 12.2 Å². The molecule has 1 aromatic rings. The molecule has 0 fully saturated rings. The molecule has 0 aliphatic carbocycles. The zero-order valence-electron chi connectivity index (χ0n) is 8.17. The maximum atomic E-state index is 13.0.